The number of hydrogen-bond donors (Lipinski definition) is 1. The van der Waals surface area contributed by atoms with Gasteiger partial charge < -0.3 is 5.32 Å². The van der Waals surface area contributed by atoms with Crippen molar-refractivity contribution < 1.29 is 13.2 Å². The van der Waals surface area contributed by atoms with E-state index in [0.29, 0.717) is 28.7 Å². The molecule has 1 aromatic heterocycles. The van der Waals surface area contributed by atoms with Gasteiger partial charge in [-0.25, -0.2) is 8.42 Å². The number of anilines is 2. The van der Waals surface area contributed by atoms with E-state index in [1.165, 1.54) is 4.68 Å². The van der Waals surface area contributed by atoms with Crippen LogP contribution in [0.25, 0.3) is 0 Å². The van der Waals surface area contributed by atoms with Gasteiger partial charge in [0.25, 0.3) is 10.0 Å². The third-order valence-corrected chi connectivity index (χ3v) is 7.49. The molecule has 1 N–H and O–H groups in total. The van der Waals surface area contributed by atoms with E-state index in [1.54, 1.807) is 45.2 Å². The van der Waals surface area contributed by atoms with Crippen LogP contribution >= 0.6 is 0 Å². The van der Waals surface area contributed by atoms with Crippen LogP contribution in [0.4, 0.5) is 11.4 Å². The summed E-state index contributed by atoms with van der Waals surface area (Å²) < 4.78 is 30.2. The number of aryl methyl sites for hydroxylation is 3. The lowest BCUT2D eigenvalue weighted by molar-refractivity contribution is -0.114. The van der Waals surface area contributed by atoms with Crippen molar-refractivity contribution in [3.63, 3.8) is 0 Å². The van der Waals surface area contributed by atoms with Crippen LogP contribution in [0.15, 0.2) is 53.4 Å². The lowest BCUT2D eigenvalue weighted by Crippen LogP contribution is -2.38. The third-order valence-electron chi connectivity index (χ3n) is 5.46. The highest BCUT2D eigenvalue weighted by Gasteiger charge is 2.32. The van der Waals surface area contributed by atoms with Crippen LogP contribution < -0.4 is 9.62 Å². The van der Waals surface area contributed by atoms with Gasteiger partial charge in [0.1, 0.15) is 11.4 Å². The zero-order valence-corrected chi connectivity index (χ0v) is 20.2. The largest absolute Gasteiger partial charge is 0.325 e. The number of rotatable bonds is 7. The van der Waals surface area contributed by atoms with Gasteiger partial charge in [0.05, 0.1) is 17.1 Å². The van der Waals surface area contributed by atoms with E-state index in [4.69, 9.17) is 0 Å². The number of carbonyl (C=O) groups is 1. The Labute approximate surface area is 190 Å². The Morgan fingerprint density at radius 1 is 1.03 bits per heavy atom. The average Bonchev–Trinajstić information content (AvgIpc) is 3.00. The Hall–Kier alpha value is -3.13. The Morgan fingerprint density at radius 2 is 1.62 bits per heavy atom. The van der Waals surface area contributed by atoms with Crippen molar-refractivity contribution in [2.75, 3.05) is 16.2 Å². The minimum atomic E-state index is -4.03. The second kappa shape index (κ2) is 9.16. The monoisotopic (exact) mass is 454 g/mol. The lowest BCUT2D eigenvalue weighted by atomic mass is 10.0. The second-order valence-corrected chi connectivity index (χ2v) is 10.1. The van der Waals surface area contributed by atoms with Crippen LogP contribution in [0, 0.1) is 20.8 Å². The zero-order valence-electron chi connectivity index (χ0n) is 19.4. The molecule has 32 heavy (non-hydrogen) atoms. The van der Waals surface area contributed by atoms with Gasteiger partial charge in [-0.05, 0) is 56.5 Å². The Bertz CT molecular complexity index is 1210. The van der Waals surface area contributed by atoms with Gasteiger partial charge in [-0.1, -0.05) is 43.7 Å². The molecule has 0 aliphatic heterocycles. The first-order chi connectivity index (χ1) is 15.0. The van der Waals surface area contributed by atoms with E-state index in [2.05, 4.69) is 24.3 Å². The number of aromatic nitrogens is 2. The fourth-order valence-corrected chi connectivity index (χ4v) is 5.37. The molecule has 3 aromatic rings. The smallest absolute Gasteiger partial charge is 0.268 e. The van der Waals surface area contributed by atoms with E-state index in [0.717, 1.165) is 15.4 Å². The fraction of sp³-hybridized carbons (Fsp3) is 0.333. The van der Waals surface area contributed by atoms with Gasteiger partial charge in [-0.3, -0.25) is 13.8 Å². The lowest BCUT2D eigenvalue weighted by Gasteiger charge is -2.24. The minimum absolute atomic E-state index is 0.121. The first-order valence-electron chi connectivity index (χ1n) is 10.5. The molecular formula is C24H30N4O3S. The molecule has 0 bridgehead atoms. The molecule has 0 saturated heterocycles. The number of hydrogen-bond acceptors (Lipinski definition) is 4. The first kappa shape index (κ1) is 23.5. The molecule has 0 fully saturated rings. The summed E-state index contributed by atoms with van der Waals surface area (Å²) in [6.07, 6.45) is 0. The molecule has 1 amide bonds. The predicted molar refractivity (Wildman–Crippen MR) is 128 cm³/mol. The SMILES string of the molecule is Cc1ccc(NC(=O)CN(c2ccc(C(C)C)cc2)S(=O)(=O)c2c(C)nn(C)c2C)cc1. The van der Waals surface area contributed by atoms with Gasteiger partial charge in [-0.2, -0.15) is 5.10 Å². The molecule has 7 nitrogen and oxygen atoms in total. The number of sulfonamides is 1. The van der Waals surface area contributed by atoms with Crippen molar-refractivity contribution in [2.45, 2.75) is 45.4 Å². The Kier molecular flexibility index (Phi) is 6.74. The van der Waals surface area contributed by atoms with Crippen molar-refractivity contribution in [1.29, 1.82) is 0 Å². The molecule has 0 radical (unpaired) electrons. The molecule has 0 atom stereocenters. The number of nitrogens with zero attached hydrogens (tertiary/aromatic N) is 3. The topological polar surface area (TPSA) is 84.3 Å². The van der Waals surface area contributed by atoms with Crippen molar-refractivity contribution in [3.05, 3.63) is 71.0 Å². The zero-order chi connectivity index (χ0) is 23.6. The van der Waals surface area contributed by atoms with Crippen LogP contribution in [-0.4, -0.2) is 30.7 Å². The summed E-state index contributed by atoms with van der Waals surface area (Å²) in [5, 5.41) is 7.05. The first-order valence-corrected chi connectivity index (χ1v) is 11.9. The highest BCUT2D eigenvalue weighted by atomic mass is 32.2. The molecular weight excluding hydrogens is 424 g/mol. The summed E-state index contributed by atoms with van der Waals surface area (Å²) in [5.41, 5.74) is 4.11. The van der Waals surface area contributed by atoms with Gasteiger partial charge in [0.15, 0.2) is 0 Å². The molecule has 2 aromatic carbocycles. The molecule has 0 unspecified atom stereocenters. The molecule has 0 aliphatic rings. The number of nitrogens with one attached hydrogen (secondary N) is 1. The van der Waals surface area contributed by atoms with Crippen LogP contribution in [-0.2, 0) is 21.9 Å². The number of amides is 1. The molecule has 0 spiro atoms. The fourth-order valence-electron chi connectivity index (χ4n) is 3.55. The molecule has 3 rings (SSSR count). The third kappa shape index (κ3) is 4.85. The van der Waals surface area contributed by atoms with Crippen LogP contribution in [0.1, 0.15) is 42.3 Å². The van der Waals surface area contributed by atoms with E-state index < -0.39 is 15.9 Å². The Morgan fingerprint density at radius 3 is 2.12 bits per heavy atom. The van der Waals surface area contributed by atoms with Crippen LogP contribution in [0.2, 0.25) is 0 Å². The van der Waals surface area contributed by atoms with Gasteiger partial charge in [0, 0.05) is 12.7 Å². The molecule has 170 valence electrons. The quantitative estimate of drug-likeness (QED) is 0.577. The van der Waals surface area contributed by atoms with E-state index in [9.17, 15) is 13.2 Å². The van der Waals surface area contributed by atoms with Crippen LogP contribution in [0.5, 0.6) is 0 Å². The highest BCUT2D eigenvalue weighted by Crippen LogP contribution is 2.29. The van der Waals surface area contributed by atoms with Gasteiger partial charge >= 0.3 is 0 Å². The van der Waals surface area contributed by atoms with Crippen LogP contribution in [0.3, 0.4) is 0 Å². The summed E-state index contributed by atoms with van der Waals surface area (Å²) in [4.78, 5) is 13.0. The summed E-state index contributed by atoms with van der Waals surface area (Å²) in [7, 11) is -2.33. The van der Waals surface area contributed by atoms with Crippen molar-refractivity contribution in [1.82, 2.24) is 9.78 Å². The molecule has 8 heteroatoms. The molecule has 0 saturated carbocycles. The van der Waals surface area contributed by atoms with E-state index in [1.807, 2.05) is 31.2 Å². The maximum Gasteiger partial charge on any atom is 0.268 e. The van der Waals surface area contributed by atoms with E-state index in [-0.39, 0.29) is 11.4 Å². The second-order valence-electron chi connectivity index (χ2n) is 8.30. The van der Waals surface area contributed by atoms with Crippen molar-refractivity contribution in [2.24, 2.45) is 7.05 Å². The number of benzene rings is 2. The van der Waals surface area contributed by atoms with Gasteiger partial charge in [0.2, 0.25) is 5.91 Å². The average molecular weight is 455 g/mol. The molecule has 1 heterocycles. The maximum absolute atomic E-state index is 13.7. The van der Waals surface area contributed by atoms with E-state index >= 15 is 0 Å². The van der Waals surface area contributed by atoms with Crippen molar-refractivity contribution in [3.8, 4) is 0 Å². The predicted octanol–water partition coefficient (Wildman–Crippen LogP) is 4.30. The van der Waals surface area contributed by atoms with Crippen molar-refractivity contribution >= 4 is 27.3 Å². The summed E-state index contributed by atoms with van der Waals surface area (Å²) in [6.45, 7) is 9.11. The summed E-state index contributed by atoms with van der Waals surface area (Å²) >= 11 is 0. The Balaban J connectivity index is 2.00. The number of carbonyl (C=O) groups excluding carboxylic acids is 1. The van der Waals surface area contributed by atoms with Gasteiger partial charge in [-0.15, -0.1) is 0 Å². The summed E-state index contributed by atoms with van der Waals surface area (Å²) in [5.74, 6) is -0.119. The maximum atomic E-state index is 13.7. The normalized spacial score (nSPS) is 11.6. The molecule has 0 aliphatic carbocycles. The summed E-state index contributed by atoms with van der Waals surface area (Å²) in [6, 6.07) is 14.6. The minimum Gasteiger partial charge on any atom is -0.325 e. The standard InChI is InChI=1S/C24H30N4O3S/c1-16(2)20-9-13-22(14-10-20)28(15-23(29)25-21-11-7-17(3)8-12-21)32(30,31)24-18(4)26-27(6)19(24)5/h7-14,16H,15H2,1-6H3,(H,25,29). The highest BCUT2D eigenvalue weighted by molar-refractivity contribution is 7.93.